The normalized spacial score (nSPS) is 28.6. The molecule has 1 saturated carbocycles. The predicted molar refractivity (Wildman–Crippen MR) is 112 cm³/mol. The van der Waals surface area contributed by atoms with Crippen LogP contribution < -0.4 is 0 Å². The molecule has 0 radical (unpaired) electrons. The largest absolute Gasteiger partial charge is 0.483 e. The zero-order valence-corrected chi connectivity index (χ0v) is 18.1. The second kappa shape index (κ2) is 12.5. The van der Waals surface area contributed by atoms with Gasteiger partial charge in [0.15, 0.2) is 0 Å². The van der Waals surface area contributed by atoms with Gasteiger partial charge >= 0.3 is 0 Å². The number of amides is 1. The van der Waals surface area contributed by atoms with Gasteiger partial charge in [0, 0.05) is 38.2 Å². The van der Waals surface area contributed by atoms with Crippen molar-refractivity contribution in [3.05, 3.63) is 0 Å². The van der Waals surface area contributed by atoms with Crippen LogP contribution in [0, 0.1) is 11.3 Å². The number of hydrogen-bond acceptors (Lipinski definition) is 5. The van der Waals surface area contributed by atoms with Crippen LogP contribution >= 0.6 is 0 Å². The first kappa shape index (κ1) is 24.1. The van der Waals surface area contributed by atoms with E-state index in [0.29, 0.717) is 13.2 Å². The number of aliphatic hydroxyl groups is 1. The quantitative estimate of drug-likeness (QED) is 0.651. The van der Waals surface area contributed by atoms with E-state index >= 15 is 0 Å². The number of carboxylic acid groups (broad SMARTS) is 1. The monoisotopic (exact) mass is 412 g/mol. The number of ether oxygens (including phenoxy) is 1. The Bertz CT molecular complexity index is 498. The number of likely N-dealkylation sites (tertiary alicyclic amines) is 2. The predicted octanol–water partition coefficient (Wildman–Crippen LogP) is 2.37. The van der Waals surface area contributed by atoms with Crippen molar-refractivity contribution in [2.75, 3.05) is 45.9 Å². The Kier molecular flexibility index (Phi) is 10.4. The SMILES string of the molecule is CCOCC(=O)N1CCC[C@@]2(CN(CCC3CCCCC3)CC[C@H]2O)C1.O=CO. The molecule has 0 bridgehead atoms. The molecule has 168 valence electrons. The summed E-state index contributed by atoms with van der Waals surface area (Å²) in [6, 6.07) is 0. The molecule has 3 fully saturated rings. The number of hydrogen-bond donors (Lipinski definition) is 2. The zero-order valence-electron chi connectivity index (χ0n) is 18.1. The number of nitrogens with zero attached hydrogens (tertiary/aromatic N) is 2. The Morgan fingerprint density at radius 3 is 2.55 bits per heavy atom. The molecule has 3 rings (SSSR count). The van der Waals surface area contributed by atoms with Gasteiger partial charge < -0.3 is 24.7 Å². The van der Waals surface area contributed by atoms with Gasteiger partial charge in [-0.3, -0.25) is 9.59 Å². The van der Waals surface area contributed by atoms with Crippen molar-refractivity contribution in [2.45, 2.75) is 70.8 Å². The summed E-state index contributed by atoms with van der Waals surface area (Å²) in [6.45, 7) is 7.02. The fourth-order valence-electron chi connectivity index (χ4n) is 5.33. The van der Waals surface area contributed by atoms with E-state index < -0.39 is 0 Å². The molecule has 0 aromatic rings. The third-order valence-corrected chi connectivity index (χ3v) is 6.93. The number of rotatable bonds is 6. The minimum absolute atomic E-state index is 0.0810. The molecular weight excluding hydrogens is 372 g/mol. The van der Waals surface area contributed by atoms with Crippen LogP contribution in [0.15, 0.2) is 0 Å². The average Bonchev–Trinajstić information content (AvgIpc) is 2.74. The summed E-state index contributed by atoms with van der Waals surface area (Å²) in [6.07, 6.45) is 10.9. The van der Waals surface area contributed by atoms with Gasteiger partial charge in [-0.05, 0) is 45.1 Å². The second-order valence-electron chi connectivity index (χ2n) is 8.90. The van der Waals surface area contributed by atoms with Crippen molar-refractivity contribution in [3.8, 4) is 0 Å². The lowest BCUT2D eigenvalue weighted by Gasteiger charge is -2.51. The van der Waals surface area contributed by atoms with Gasteiger partial charge in [0.05, 0.1) is 6.10 Å². The summed E-state index contributed by atoms with van der Waals surface area (Å²) in [7, 11) is 0. The van der Waals surface area contributed by atoms with E-state index in [-0.39, 0.29) is 30.5 Å². The molecule has 1 amide bonds. The highest BCUT2D eigenvalue weighted by molar-refractivity contribution is 5.77. The fourth-order valence-corrected chi connectivity index (χ4v) is 5.33. The van der Waals surface area contributed by atoms with Crippen LogP contribution in [-0.2, 0) is 14.3 Å². The Hall–Kier alpha value is -1.18. The highest BCUT2D eigenvalue weighted by Gasteiger charge is 2.46. The van der Waals surface area contributed by atoms with E-state index in [1.165, 1.54) is 38.5 Å². The number of carbonyl (C=O) groups is 2. The molecular formula is C22H40N2O5. The lowest BCUT2D eigenvalue weighted by molar-refractivity contribution is -0.145. The van der Waals surface area contributed by atoms with Crippen molar-refractivity contribution in [2.24, 2.45) is 11.3 Å². The number of piperidine rings is 2. The van der Waals surface area contributed by atoms with E-state index in [0.717, 1.165) is 51.4 Å². The van der Waals surface area contributed by atoms with Crippen molar-refractivity contribution in [1.29, 1.82) is 0 Å². The molecule has 2 heterocycles. The van der Waals surface area contributed by atoms with Crippen LogP contribution in [0.1, 0.15) is 64.7 Å². The molecule has 0 aromatic heterocycles. The third kappa shape index (κ3) is 7.23. The highest BCUT2D eigenvalue weighted by atomic mass is 16.5. The molecule has 0 aromatic carbocycles. The Labute approximate surface area is 175 Å². The molecule has 3 aliphatic rings. The lowest BCUT2D eigenvalue weighted by Crippen LogP contribution is -2.60. The maximum Gasteiger partial charge on any atom is 0.290 e. The van der Waals surface area contributed by atoms with E-state index in [1.54, 1.807) is 0 Å². The summed E-state index contributed by atoms with van der Waals surface area (Å²) in [5, 5.41) is 17.7. The molecule has 2 aliphatic heterocycles. The molecule has 2 saturated heterocycles. The summed E-state index contributed by atoms with van der Waals surface area (Å²) in [5.41, 5.74) is -0.134. The lowest BCUT2D eigenvalue weighted by atomic mass is 9.71. The van der Waals surface area contributed by atoms with Crippen LogP contribution in [0.2, 0.25) is 0 Å². The molecule has 0 unspecified atom stereocenters. The summed E-state index contributed by atoms with van der Waals surface area (Å²) in [4.78, 5) is 25.3. The molecule has 2 atom stereocenters. The Morgan fingerprint density at radius 2 is 1.86 bits per heavy atom. The zero-order chi connectivity index (χ0) is 21.1. The third-order valence-electron chi connectivity index (χ3n) is 6.93. The van der Waals surface area contributed by atoms with E-state index in [4.69, 9.17) is 14.6 Å². The van der Waals surface area contributed by atoms with Crippen LogP contribution in [-0.4, -0.2) is 84.4 Å². The molecule has 7 heteroatoms. The first-order valence-electron chi connectivity index (χ1n) is 11.4. The van der Waals surface area contributed by atoms with Gasteiger partial charge in [-0.2, -0.15) is 0 Å². The first-order valence-corrected chi connectivity index (χ1v) is 11.4. The maximum absolute atomic E-state index is 12.4. The van der Waals surface area contributed by atoms with Gasteiger partial charge in [-0.1, -0.05) is 32.1 Å². The second-order valence-corrected chi connectivity index (χ2v) is 8.90. The minimum atomic E-state index is -0.281. The van der Waals surface area contributed by atoms with E-state index in [2.05, 4.69) is 4.90 Å². The van der Waals surface area contributed by atoms with Gasteiger partial charge in [-0.25, -0.2) is 0 Å². The van der Waals surface area contributed by atoms with Crippen molar-refractivity contribution >= 4 is 12.4 Å². The molecule has 29 heavy (non-hydrogen) atoms. The van der Waals surface area contributed by atoms with Crippen LogP contribution in [0.25, 0.3) is 0 Å². The fraction of sp³-hybridized carbons (Fsp3) is 0.909. The Balaban J connectivity index is 0.000000941. The summed E-state index contributed by atoms with van der Waals surface area (Å²) >= 11 is 0. The maximum atomic E-state index is 12.4. The molecule has 1 spiro atoms. The number of carbonyl (C=O) groups excluding carboxylic acids is 1. The number of aliphatic hydroxyl groups excluding tert-OH is 1. The van der Waals surface area contributed by atoms with Gasteiger partial charge in [-0.15, -0.1) is 0 Å². The summed E-state index contributed by atoms with van der Waals surface area (Å²) in [5.74, 6) is 0.986. The molecule has 2 N–H and O–H groups in total. The van der Waals surface area contributed by atoms with Crippen LogP contribution in [0.5, 0.6) is 0 Å². The first-order chi connectivity index (χ1) is 14.0. The topological polar surface area (TPSA) is 90.3 Å². The van der Waals surface area contributed by atoms with Crippen molar-refractivity contribution in [3.63, 3.8) is 0 Å². The van der Waals surface area contributed by atoms with Crippen LogP contribution in [0.3, 0.4) is 0 Å². The molecule has 1 aliphatic carbocycles. The van der Waals surface area contributed by atoms with Crippen LogP contribution in [0.4, 0.5) is 0 Å². The molecule has 7 nitrogen and oxygen atoms in total. The minimum Gasteiger partial charge on any atom is -0.483 e. The van der Waals surface area contributed by atoms with Gasteiger partial charge in [0.25, 0.3) is 6.47 Å². The highest BCUT2D eigenvalue weighted by Crippen LogP contribution is 2.39. The summed E-state index contributed by atoms with van der Waals surface area (Å²) < 4.78 is 5.31. The standard InChI is InChI=1S/C21H38N2O3.CH2O2/c1-2-26-15-20(25)23-12-6-11-21(17-23)16-22(14-10-19(21)24)13-9-18-7-4-3-5-8-18;2-1-3/h18-19,24H,2-17H2,1H3;1H,(H,2,3)/t19-,21-;/m1./s1. The van der Waals surface area contributed by atoms with Gasteiger partial charge in [0.2, 0.25) is 5.91 Å². The van der Waals surface area contributed by atoms with E-state index in [1.807, 2.05) is 11.8 Å². The average molecular weight is 413 g/mol. The van der Waals surface area contributed by atoms with Gasteiger partial charge in [0.1, 0.15) is 6.61 Å². The Morgan fingerprint density at radius 1 is 1.14 bits per heavy atom. The van der Waals surface area contributed by atoms with Crippen molar-refractivity contribution in [1.82, 2.24) is 9.80 Å². The smallest absolute Gasteiger partial charge is 0.290 e. The van der Waals surface area contributed by atoms with E-state index in [9.17, 15) is 9.90 Å². The van der Waals surface area contributed by atoms with Crippen molar-refractivity contribution < 1.29 is 24.5 Å².